The fraction of sp³-hybridized carbons (Fsp3) is 0.312. The van der Waals surface area contributed by atoms with Crippen LogP contribution in [0.15, 0.2) is 30.3 Å². The van der Waals surface area contributed by atoms with Crippen LogP contribution in [0.2, 0.25) is 9.36 Å². The Morgan fingerprint density at radius 2 is 2.05 bits per heavy atom. The second-order valence-corrected chi connectivity index (χ2v) is 7.55. The molecule has 0 spiro atoms. The van der Waals surface area contributed by atoms with Gasteiger partial charge in [-0.3, -0.25) is 4.79 Å². The molecule has 2 N–H and O–H groups in total. The molecule has 2 aromatic rings. The van der Waals surface area contributed by atoms with E-state index in [9.17, 15) is 4.79 Å². The standard InChI is InChI=1S/C16H16Cl2N2OS/c17-13-9-11(19-8-7-12-4-6-15(18)22-12)3-5-14(13)20-16(21)10-1-2-10/h3-6,9-10,19H,1-2,7-8H2,(H,20,21). The van der Waals surface area contributed by atoms with E-state index in [2.05, 4.69) is 10.6 Å². The van der Waals surface area contributed by atoms with Gasteiger partial charge in [-0.05, 0) is 49.6 Å². The first-order chi connectivity index (χ1) is 10.6. The topological polar surface area (TPSA) is 41.1 Å². The first-order valence-corrected chi connectivity index (χ1v) is 8.77. The number of nitrogens with one attached hydrogen (secondary N) is 2. The van der Waals surface area contributed by atoms with E-state index in [0.29, 0.717) is 10.7 Å². The maximum absolute atomic E-state index is 11.7. The monoisotopic (exact) mass is 354 g/mol. The molecular formula is C16H16Cl2N2OS. The Labute approximate surface area is 143 Å². The summed E-state index contributed by atoms with van der Waals surface area (Å²) in [6, 6.07) is 9.56. The van der Waals surface area contributed by atoms with Gasteiger partial charge in [-0.25, -0.2) is 0 Å². The van der Waals surface area contributed by atoms with Crippen LogP contribution in [0.3, 0.4) is 0 Å². The smallest absolute Gasteiger partial charge is 0.227 e. The highest BCUT2D eigenvalue weighted by atomic mass is 35.5. The number of carbonyl (C=O) groups is 1. The SMILES string of the molecule is O=C(Nc1ccc(NCCc2ccc(Cl)s2)cc1Cl)C1CC1. The molecule has 0 saturated heterocycles. The van der Waals surface area contributed by atoms with Crippen molar-refractivity contribution in [2.45, 2.75) is 19.3 Å². The molecule has 0 radical (unpaired) electrons. The van der Waals surface area contributed by atoms with Crippen molar-refractivity contribution in [3.8, 4) is 0 Å². The van der Waals surface area contributed by atoms with Gasteiger partial charge in [0.25, 0.3) is 0 Å². The zero-order valence-corrected chi connectivity index (χ0v) is 14.2. The Morgan fingerprint density at radius 3 is 2.68 bits per heavy atom. The largest absolute Gasteiger partial charge is 0.385 e. The summed E-state index contributed by atoms with van der Waals surface area (Å²) in [4.78, 5) is 13.0. The number of halogens is 2. The highest BCUT2D eigenvalue weighted by Crippen LogP contribution is 2.32. The minimum absolute atomic E-state index is 0.0668. The lowest BCUT2D eigenvalue weighted by atomic mass is 10.2. The predicted octanol–water partition coefficient (Wildman–Crippen LogP) is 5.06. The minimum atomic E-state index is 0.0668. The summed E-state index contributed by atoms with van der Waals surface area (Å²) in [5.74, 6) is 0.240. The molecule has 1 aromatic carbocycles. The lowest BCUT2D eigenvalue weighted by Gasteiger charge is -2.10. The number of rotatable bonds is 6. The van der Waals surface area contributed by atoms with Gasteiger partial charge in [0.15, 0.2) is 0 Å². The third-order valence-electron chi connectivity index (χ3n) is 3.50. The van der Waals surface area contributed by atoms with E-state index in [-0.39, 0.29) is 11.8 Å². The second-order valence-electron chi connectivity index (χ2n) is 5.34. The molecule has 1 amide bonds. The number of amides is 1. The molecule has 1 aliphatic rings. The Morgan fingerprint density at radius 1 is 1.23 bits per heavy atom. The minimum Gasteiger partial charge on any atom is -0.385 e. The van der Waals surface area contributed by atoms with Crippen LogP contribution in [0.1, 0.15) is 17.7 Å². The zero-order chi connectivity index (χ0) is 15.5. The normalized spacial score (nSPS) is 13.9. The number of hydrogen-bond donors (Lipinski definition) is 2. The van der Waals surface area contributed by atoms with E-state index in [1.807, 2.05) is 30.3 Å². The predicted molar refractivity (Wildman–Crippen MR) is 94.3 cm³/mol. The third kappa shape index (κ3) is 4.15. The maximum atomic E-state index is 11.7. The van der Waals surface area contributed by atoms with Crippen molar-refractivity contribution in [2.75, 3.05) is 17.2 Å². The summed E-state index contributed by atoms with van der Waals surface area (Å²) in [6.07, 6.45) is 2.88. The van der Waals surface area contributed by atoms with Gasteiger partial charge in [-0.15, -0.1) is 11.3 Å². The van der Waals surface area contributed by atoms with Gasteiger partial charge in [0, 0.05) is 23.0 Å². The molecule has 0 unspecified atom stereocenters. The molecule has 6 heteroatoms. The second kappa shape index (κ2) is 6.90. The van der Waals surface area contributed by atoms with Crippen molar-refractivity contribution in [1.29, 1.82) is 0 Å². The van der Waals surface area contributed by atoms with Gasteiger partial charge >= 0.3 is 0 Å². The molecule has 116 valence electrons. The van der Waals surface area contributed by atoms with Crippen molar-refractivity contribution in [2.24, 2.45) is 5.92 Å². The number of carbonyl (C=O) groups excluding carboxylic acids is 1. The summed E-state index contributed by atoms with van der Waals surface area (Å²) < 4.78 is 0.814. The van der Waals surface area contributed by atoms with Gasteiger partial charge < -0.3 is 10.6 Å². The van der Waals surface area contributed by atoms with E-state index in [0.717, 1.165) is 35.8 Å². The van der Waals surface area contributed by atoms with Crippen LogP contribution in [0.4, 0.5) is 11.4 Å². The molecule has 1 heterocycles. The lowest BCUT2D eigenvalue weighted by molar-refractivity contribution is -0.117. The number of anilines is 2. The number of hydrogen-bond acceptors (Lipinski definition) is 3. The molecule has 0 atom stereocenters. The van der Waals surface area contributed by atoms with E-state index in [1.165, 1.54) is 4.88 Å². The molecule has 1 aromatic heterocycles. The summed E-state index contributed by atoms with van der Waals surface area (Å²) >= 11 is 13.7. The van der Waals surface area contributed by atoms with Crippen LogP contribution >= 0.6 is 34.5 Å². The summed E-state index contributed by atoms with van der Waals surface area (Å²) in [6.45, 7) is 0.806. The van der Waals surface area contributed by atoms with Gasteiger partial charge in [0.1, 0.15) is 0 Å². The van der Waals surface area contributed by atoms with Crippen molar-refractivity contribution < 1.29 is 4.79 Å². The molecule has 3 nitrogen and oxygen atoms in total. The quantitative estimate of drug-likeness (QED) is 0.761. The van der Waals surface area contributed by atoms with Crippen molar-refractivity contribution in [1.82, 2.24) is 0 Å². The van der Waals surface area contributed by atoms with Crippen LogP contribution in [0, 0.1) is 5.92 Å². The molecule has 1 saturated carbocycles. The third-order valence-corrected chi connectivity index (χ3v) is 5.11. The van der Waals surface area contributed by atoms with E-state index >= 15 is 0 Å². The molecule has 3 rings (SSSR count). The maximum Gasteiger partial charge on any atom is 0.227 e. The van der Waals surface area contributed by atoms with Crippen LogP contribution in [-0.2, 0) is 11.2 Å². The Balaban J connectivity index is 1.53. The number of benzene rings is 1. The molecule has 0 aliphatic heterocycles. The molecular weight excluding hydrogens is 339 g/mol. The van der Waals surface area contributed by atoms with Crippen LogP contribution in [0.25, 0.3) is 0 Å². The van der Waals surface area contributed by atoms with E-state index in [1.54, 1.807) is 11.3 Å². The van der Waals surface area contributed by atoms with Gasteiger partial charge in [0.05, 0.1) is 15.0 Å². The Bertz CT molecular complexity index is 683. The van der Waals surface area contributed by atoms with Crippen molar-refractivity contribution >= 4 is 51.8 Å². The number of thiophene rings is 1. The zero-order valence-electron chi connectivity index (χ0n) is 11.9. The van der Waals surface area contributed by atoms with Gasteiger partial charge in [-0.1, -0.05) is 23.2 Å². The summed E-state index contributed by atoms with van der Waals surface area (Å²) in [7, 11) is 0. The average Bonchev–Trinajstić information content (AvgIpc) is 3.25. The summed E-state index contributed by atoms with van der Waals surface area (Å²) in [5.41, 5.74) is 1.62. The average molecular weight is 355 g/mol. The van der Waals surface area contributed by atoms with E-state index in [4.69, 9.17) is 23.2 Å². The van der Waals surface area contributed by atoms with Crippen LogP contribution in [-0.4, -0.2) is 12.5 Å². The molecule has 1 fully saturated rings. The summed E-state index contributed by atoms with van der Waals surface area (Å²) in [5, 5.41) is 6.75. The molecule has 1 aliphatic carbocycles. The van der Waals surface area contributed by atoms with Crippen molar-refractivity contribution in [3.63, 3.8) is 0 Å². The van der Waals surface area contributed by atoms with Gasteiger partial charge in [0.2, 0.25) is 5.91 Å². The fourth-order valence-electron chi connectivity index (χ4n) is 2.12. The van der Waals surface area contributed by atoms with Crippen LogP contribution < -0.4 is 10.6 Å². The molecule has 0 bridgehead atoms. The first-order valence-electron chi connectivity index (χ1n) is 7.20. The molecule has 22 heavy (non-hydrogen) atoms. The highest BCUT2D eigenvalue weighted by molar-refractivity contribution is 7.16. The van der Waals surface area contributed by atoms with Crippen molar-refractivity contribution in [3.05, 3.63) is 44.6 Å². The van der Waals surface area contributed by atoms with Crippen LogP contribution in [0.5, 0.6) is 0 Å². The fourth-order valence-corrected chi connectivity index (χ4v) is 3.44. The first kappa shape index (κ1) is 15.7. The lowest BCUT2D eigenvalue weighted by Crippen LogP contribution is -2.13. The highest BCUT2D eigenvalue weighted by Gasteiger charge is 2.29. The van der Waals surface area contributed by atoms with E-state index < -0.39 is 0 Å². The Hall–Kier alpha value is -1.23. The Kier molecular flexibility index (Phi) is 4.91. The van der Waals surface area contributed by atoms with Gasteiger partial charge in [-0.2, -0.15) is 0 Å².